The Hall–Kier alpha value is -6.37. The zero-order valence-electron chi connectivity index (χ0n) is 46.0. The van der Waals surface area contributed by atoms with Crippen molar-refractivity contribution in [1.82, 2.24) is 29.9 Å². The van der Waals surface area contributed by atoms with Gasteiger partial charge in [0.2, 0.25) is 0 Å². The summed E-state index contributed by atoms with van der Waals surface area (Å²) in [6.07, 6.45) is 0. The Morgan fingerprint density at radius 3 is 0.923 bits per heavy atom. The van der Waals surface area contributed by atoms with Crippen LogP contribution in [0, 0.1) is 11.6 Å². The van der Waals surface area contributed by atoms with Crippen molar-refractivity contribution >= 4 is 42.5 Å². The molecule has 0 amide bonds. The monoisotopic (exact) mass is 1110 g/mol. The van der Waals surface area contributed by atoms with Crippen molar-refractivity contribution in [3.63, 3.8) is 0 Å². The van der Waals surface area contributed by atoms with Crippen molar-refractivity contribution in [1.29, 1.82) is 0 Å². The van der Waals surface area contributed by atoms with E-state index in [0.29, 0.717) is 40.1 Å². The Balaban J connectivity index is 0.000000149. The van der Waals surface area contributed by atoms with Crippen LogP contribution in [0.5, 0.6) is 0 Å². The molecular weight excluding hydrogens is 1050 g/mol. The van der Waals surface area contributed by atoms with Gasteiger partial charge in [0.25, 0.3) is 0 Å². The summed E-state index contributed by atoms with van der Waals surface area (Å²) in [5.74, 6) is 1.72. The highest BCUT2D eigenvalue weighted by atomic mass is 79.9. The van der Waals surface area contributed by atoms with Gasteiger partial charge in [-0.15, -0.1) is 0 Å². The fourth-order valence-electron chi connectivity index (χ4n) is 8.37. The molecule has 0 unspecified atom stereocenters. The van der Waals surface area contributed by atoms with Gasteiger partial charge >= 0.3 is 21.1 Å². The standard InChI is InChI=1S/C27H25BFN3O2.C21H13BrFN3.C12H24B2O4/c1-26(2)27(3,4)34-28(33-26)20-15-16-22(29)21(17-20)25-31-23(18-11-7-5-8-12-18)30-24(32-25)19-13-9-6-10-14-19;22-16-11-12-18(23)17(13-16)21-25-19(14-7-3-1-4-8-14)24-20(26-21)15-9-5-2-6-10-15;1-9(2)10(3,4)16-13(15-9)14-17-11(5,6)12(7,8)18-14/h5-17H,1-4H3;1-13H;1-8H3. The predicted molar refractivity (Wildman–Crippen MR) is 308 cm³/mol. The van der Waals surface area contributed by atoms with Crippen molar-refractivity contribution in [2.45, 2.75) is 117 Å². The van der Waals surface area contributed by atoms with Crippen LogP contribution in [-0.4, -0.2) is 84.6 Å². The van der Waals surface area contributed by atoms with Gasteiger partial charge < -0.3 is 27.9 Å². The van der Waals surface area contributed by atoms with Gasteiger partial charge in [-0.3, -0.25) is 0 Å². The molecule has 0 radical (unpaired) electrons. The Morgan fingerprint density at radius 2 is 0.603 bits per heavy atom. The Labute approximate surface area is 465 Å². The first-order valence-corrected chi connectivity index (χ1v) is 26.7. The minimum absolute atomic E-state index is 0.253. The van der Waals surface area contributed by atoms with E-state index < -0.39 is 38.2 Å². The van der Waals surface area contributed by atoms with Crippen LogP contribution in [0.2, 0.25) is 0 Å². The lowest BCUT2D eigenvalue weighted by atomic mass is 9.49. The summed E-state index contributed by atoms with van der Waals surface area (Å²) in [4.78, 5) is 27.6. The second-order valence-corrected chi connectivity index (χ2v) is 23.2. The van der Waals surface area contributed by atoms with Crippen LogP contribution in [0.3, 0.4) is 0 Å². The maximum absolute atomic E-state index is 15.1. The molecule has 78 heavy (non-hydrogen) atoms. The lowest BCUT2D eigenvalue weighted by Crippen LogP contribution is -2.41. The lowest BCUT2D eigenvalue weighted by Gasteiger charge is -2.32. The fraction of sp³-hybridized carbons (Fsp3) is 0.300. The van der Waals surface area contributed by atoms with Crippen LogP contribution in [0.1, 0.15) is 83.1 Å². The van der Waals surface area contributed by atoms with Crippen LogP contribution in [0.4, 0.5) is 8.78 Å². The molecule has 0 aliphatic carbocycles. The number of halogens is 3. The fourth-order valence-corrected chi connectivity index (χ4v) is 8.73. The summed E-state index contributed by atoms with van der Waals surface area (Å²) in [6.45, 7) is 24.2. The normalized spacial score (nSPS) is 18.2. The van der Waals surface area contributed by atoms with Gasteiger partial charge in [-0.2, -0.15) is 0 Å². The average Bonchev–Trinajstić information content (AvgIpc) is 3.98. The van der Waals surface area contributed by atoms with Gasteiger partial charge in [0.15, 0.2) is 34.9 Å². The highest BCUT2D eigenvalue weighted by Gasteiger charge is 2.63. The van der Waals surface area contributed by atoms with Crippen molar-refractivity contribution in [3.05, 3.63) is 174 Å². The summed E-state index contributed by atoms with van der Waals surface area (Å²) in [5.41, 5.74) is 2.22. The average molecular weight is 1110 g/mol. The van der Waals surface area contributed by atoms with Crippen molar-refractivity contribution in [2.24, 2.45) is 0 Å². The van der Waals surface area contributed by atoms with E-state index in [-0.39, 0.29) is 39.6 Å². The second-order valence-electron chi connectivity index (χ2n) is 22.3. The van der Waals surface area contributed by atoms with Gasteiger partial charge in [0.1, 0.15) is 11.6 Å². The molecule has 5 heterocycles. The number of rotatable bonds is 8. The Morgan fingerprint density at radius 1 is 0.333 bits per heavy atom. The predicted octanol–water partition coefficient (Wildman–Crippen LogP) is 13.3. The van der Waals surface area contributed by atoms with E-state index in [0.717, 1.165) is 26.7 Å². The van der Waals surface area contributed by atoms with E-state index >= 15 is 4.39 Å². The third-order valence-corrected chi connectivity index (χ3v) is 15.6. The molecule has 0 atom stereocenters. The molecule has 18 heteroatoms. The SMILES string of the molecule is CC1(C)OB(B2OC(C)(C)C(C)(C)O2)OC1(C)C.CC1(C)OB(c2ccc(F)c(-c3nc(-c4ccccc4)nc(-c4ccccc4)n3)c2)OC1(C)C.Fc1ccc(Br)cc1-c1nc(-c2ccccc2)nc(-c2ccccc2)n1. The zero-order valence-corrected chi connectivity index (χ0v) is 47.6. The van der Waals surface area contributed by atoms with E-state index in [2.05, 4.69) is 45.8 Å². The van der Waals surface area contributed by atoms with E-state index in [1.54, 1.807) is 24.3 Å². The van der Waals surface area contributed by atoms with Gasteiger partial charge in [-0.1, -0.05) is 143 Å². The maximum Gasteiger partial charge on any atom is 0.494 e. The number of hydrogen-bond acceptors (Lipinski definition) is 12. The topological polar surface area (TPSA) is 133 Å². The number of aromatic nitrogens is 6. The van der Waals surface area contributed by atoms with Crippen LogP contribution >= 0.6 is 15.9 Å². The van der Waals surface area contributed by atoms with E-state index in [4.69, 9.17) is 27.9 Å². The molecule has 3 fully saturated rings. The third-order valence-electron chi connectivity index (χ3n) is 15.1. The van der Waals surface area contributed by atoms with Gasteiger partial charge in [0.05, 0.1) is 44.7 Å². The lowest BCUT2D eigenvalue weighted by molar-refractivity contribution is 0.00578. The summed E-state index contributed by atoms with van der Waals surface area (Å²) >= 11 is 3.38. The molecule has 3 aliphatic rings. The molecule has 3 aliphatic heterocycles. The molecule has 0 spiro atoms. The smallest absolute Gasteiger partial charge is 0.405 e. The molecule has 3 saturated heterocycles. The van der Waals surface area contributed by atoms with Gasteiger partial charge in [0, 0.05) is 26.7 Å². The first kappa shape index (κ1) is 56.4. The minimum atomic E-state index is -0.617. The minimum Gasteiger partial charge on any atom is -0.405 e. The molecule has 0 bridgehead atoms. The number of hydrogen-bond donors (Lipinski definition) is 0. The molecular formula is C60H62B3BrF2N6O6. The summed E-state index contributed by atoms with van der Waals surface area (Å²) < 4.78 is 66.5. The van der Waals surface area contributed by atoms with Crippen molar-refractivity contribution in [3.8, 4) is 68.3 Å². The molecule has 398 valence electrons. The molecule has 2 aromatic heterocycles. The van der Waals surface area contributed by atoms with Crippen LogP contribution in [0.25, 0.3) is 68.3 Å². The van der Waals surface area contributed by atoms with E-state index in [9.17, 15) is 4.39 Å². The first-order valence-electron chi connectivity index (χ1n) is 25.9. The largest absolute Gasteiger partial charge is 0.494 e. The molecule has 0 saturated carbocycles. The van der Waals surface area contributed by atoms with Crippen LogP contribution in [0.15, 0.2) is 162 Å². The third kappa shape index (κ3) is 12.1. The van der Waals surface area contributed by atoms with Crippen molar-refractivity contribution < 1.29 is 36.7 Å². The Bertz CT molecular complexity index is 3210. The van der Waals surface area contributed by atoms with E-state index in [1.165, 1.54) is 12.1 Å². The van der Waals surface area contributed by atoms with Gasteiger partial charge in [-0.05, 0) is 119 Å². The summed E-state index contributed by atoms with van der Waals surface area (Å²) in [5, 5.41) is 0. The molecule has 8 aromatic rings. The molecule has 12 nitrogen and oxygen atoms in total. The molecule has 0 N–H and O–H groups in total. The van der Waals surface area contributed by atoms with Gasteiger partial charge in [-0.25, -0.2) is 38.7 Å². The zero-order chi connectivity index (χ0) is 55.8. The molecule has 11 rings (SSSR count). The van der Waals surface area contributed by atoms with E-state index in [1.807, 2.05) is 204 Å². The highest BCUT2D eigenvalue weighted by Crippen LogP contribution is 2.43. The second kappa shape index (κ2) is 22.0. The van der Waals surface area contributed by atoms with Crippen LogP contribution < -0.4 is 5.46 Å². The van der Waals surface area contributed by atoms with Crippen LogP contribution in [-0.2, 0) is 27.9 Å². The summed E-state index contributed by atoms with van der Waals surface area (Å²) in [6, 6.07) is 47.9. The highest BCUT2D eigenvalue weighted by molar-refractivity contribution is 9.10. The Kier molecular flexibility index (Phi) is 15.9. The number of benzene rings is 6. The number of nitrogens with zero attached hydrogens (tertiary/aromatic N) is 6. The van der Waals surface area contributed by atoms with Crippen molar-refractivity contribution in [2.75, 3.05) is 0 Å². The maximum atomic E-state index is 15.1. The first-order chi connectivity index (χ1) is 36.8. The quantitative estimate of drug-likeness (QED) is 0.134. The molecule has 6 aromatic carbocycles. The summed E-state index contributed by atoms with van der Waals surface area (Å²) in [7, 11) is -1.57.